The molecule has 12 nitrogen and oxygen atoms in total. The number of hydrogen-bond donors (Lipinski definition) is 6. The number of carbonyl (C=O) groups excluding carboxylic acids is 3. The summed E-state index contributed by atoms with van der Waals surface area (Å²) in [5.41, 5.74) is 0.676. The number of rotatable bonds is 8. The van der Waals surface area contributed by atoms with Crippen molar-refractivity contribution in [1.29, 1.82) is 0 Å². The van der Waals surface area contributed by atoms with Gasteiger partial charge in [0.1, 0.15) is 12.2 Å². The second-order valence-corrected chi connectivity index (χ2v) is 8.15. The number of aromatic hydroxyl groups is 4. The molecule has 1 aliphatic carbocycles. The molecule has 0 aliphatic heterocycles. The van der Waals surface area contributed by atoms with Crippen LogP contribution in [0.3, 0.4) is 0 Å². The van der Waals surface area contributed by atoms with Crippen LogP contribution in [0, 0.1) is 0 Å². The van der Waals surface area contributed by atoms with E-state index in [1.54, 1.807) is 0 Å². The summed E-state index contributed by atoms with van der Waals surface area (Å²) in [7, 11) is 0. The summed E-state index contributed by atoms with van der Waals surface area (Å²) in [6.45, 7) is -0.0183. The van der Waals surface area contributed by atoms with Crippen molar-refractivity contribution in [2.75, 3.05) is 0 Å². The highest BCUT2D eigenvalue weighted by atomic mass is 16.7. The molecule has 12 heteroatoms. The van der Waals surface area contributed by atoms with Gasteiger partial charge in [0, 0.05) is 12.2 Å². The minimum atomic E-state index is -2.07. The third kappa shape index (κ3) is 6.99. The lowest BCUT2D eigenvalue weighted by atomic mass is 9.86. The number of hydrogen-bond acceptors (Lipinski definition) is 12. The molecule has 196 valence electrons. The molecule has 2 unspecified atom stereocenters. The van der Waals surface area contributed by atoms with Crippen LogP contribution in [-0.4, -0.2) is 73.1 Å². The second kappa shape index (κ2) is 11.5. The molecule has 1 saturated carbocycles. The van der Waals surface area contributed by atoms with Gasteiger partial charge < -0.3 is 44.8 Å². The average Bonchev–Trinajstić information content (AvgIpc) is 2.84. The number of phenolic OH excluding ortho intramolecular Hbond substituents is 4. The van der Waals surface area contributed by atoms with Crippen molar-refractivity contribution >= 4 is 30.6 Å². The van der Waals surface area contributed by atoms with Crippen LogP contribution < -0.4 is 0 Å². The van der Waals surface area contributed by atoms with Crippen molar-refractivity contribution in [3.63, 3.8) is 0 Å². The van der Waals surface area contributed by atoms with Gasteiger partial charge in [0.25, 0.3) is 12.3 Å². The summed E-state index contributed by atoms with van der Waals surface area (Å²) in [5.74, 6) is -5.59. The third-order valence-corrected chi connectivity index (χ3v) is 5.45. The SMILES string of the molecule is O=CO[C@]1(OC(=O)/C=C/c2ccc(O)c(O)c2)CC(O)[C@@H](O)C(OC(=O)/C=C/c2ccc(O)c(O)c2)C1. The van der Waals surface area contributed by atoms with Crippen LogP contribution in [0.15, 0.2) is 48.6 Å². The molecule has 0 bridgehead atoms. The summed E-state index contributed by atoms with van der Waals surface area (Å²) in [6.07, 6.45) is -1.24. The van der Waals surface area contributed by atoms with Crippen LogP contribution in [0.1, 0.15) is 24.0 Å². The Kier molecular flexibility index (Phi) is 8.37. The smallest absolute Gasteiger partial charge is 0.334 e. The van der Waals surface area contributed by atoms with Crippen molar-refractivity contribution in [3.05, 3.63) is 59.7 Å². The summed E-state index contributed by atoms with van der Waals surface area (Å²) in [4.78, 5) is 35.9. The van der Waals surface area contributed by atoms with Crippen molar-refractivity contribution in [1.82, 2.24) is 0 Å². The van der Waals surface area contributed by atoms with Crippen molar-refractivity contribution in [2.45, 2.75) is 36.9 Å². The van der Waals surface area contributed by atoms with Crippen LogP contribution >= 0.6 is 0 Å². The number of phenols is 4. The Morgan fingerprint density at radius 1 is 0.811 bits per heavy atom. The molecule has 0 aromatic heterocycles. The Bertz CT molecular complexity index is 1220. The van der Waals surface area contributed by atoms with E-state index in [1.165, 1.54) is 48.6 Å². The van der Waals surface area contributed by atoms with E-state index in [-0.39, 0.29) is 18.0 Å². The van der Waals surface area contributed by atoms with E-state index in [4.69, 9.17) is 14.2 Å². The Morgan fingerprint density at radius 3 is 1.86 bits per heavy atom. The first-order valence-electron chi connectivity index (χ1n) is 10.8. The molecule has 0 amide bonds. The van der Waals surface area contributed by atoms with Crippen LogP contribution in [0.2, 0.25) is 0 Å². The molecule has 0 radical (unpaired) electrons. The molecule has 2 aromatic rings. The topological polar surface area (TPSA) is 200 Å². The summed E-state index contributed by atoms with van der Waals surface area (Å²) in [5, 5.41) is 58.4. The van der Waals surface area contributed by atoms with E-state index in [0.29, 0.717) is 11.1 Å². The Balaban J connectivity index is 1.71. The van der Waals surface area contributed by atoms with Gasteiger partial charge in [0.05, 0.1) is 18.9 Å². The molecule has 6 N–H and O–H groups in total. The molecular weight excluding hydrogens is 492 g/mol. The molecule has 1 fully saturated rings. The van der Waals surface area contributed by atoms with Crippen LogP contribution in [-0.2, 0) is 28.6 Å². The molecule has 2 aromatic carbocycles. The van der Waals surface area contributed by atoms with E-state index < -0.39 is 60.4 Å². The minimum Gasteiger partial charge on any atom is -0.504 e. The number of esters is 2. The van der Waals surface area contributed by atoms with Crippen molar-refractivity contribution in [3.8, 4) is 23.0 Å². The summed E-state index contributed by atoms with van der Waals surface area (Å²) < 4.78 is 15.4. The van der Waals surface area contributed by atoms with E-state index in [1.807, 2.05) is 0 Å². The first-order valence-corrected chi connectivity index (χ1v) is 10.8. The van der Waals surface area contributed by atoms with Crippen LogP contribution in [0.25, 0.3) is 12.2 Å². The summed E-state index contributed by atoms with van der Waals surface area (Å²) in [6, 6.07) is 7.59. The number of ether oxygens (including phenoxy) is 3. The van der Waals surface area contributed by atoms with E-state index in [0.717, 1.165) is 12.2 Å². The first kappa shape index (κ1) is 27.0. The van der Waals surface area contributed by atoms with Gasteiger partial charge >= 0.3 is 11.9 Å². The zero-order valence-electron chi connectivity index (χ0n) is 19.1. The second-order valence-electron chi connectivity index (χ2n) is 8.15. The number of aliphatic hydroxyl groups excluding tert-OH is 2. The van der Waals surface area contributed by atoms with E-state index in [2.05, 4.69) is 0 Å². The monoisotopic (exact) mass is 516 g/mol. The molecule has 4 atom stereocenters. The largest absolute Gasteiger partial charge is 0.504 e. The molecule has 0 saturated heterocycles. The fraction of sp³-hybridized carbons (Fsp3) is 0.240. The maximum absolute atomic E-state index is 12.4. The Labute approximate surface area is 209 Å². The van der Waals surface area contributed by atoms with Crippen molar-refractivity contribution in [2.24, 2.45) is 0 Å². The van der Waals surface area contributed by atoms with Gasteiger partial charge in [-0.15, -0.1) is 0 Å². The normalized spacial score (nSPS) is 23.6. The predicted molar refractivity (Wildman–Crippen MR) is 125 cm³/mol. The fourth-order valence-corrected chi connectivity index (χ4v) is 3.62. The zero-order valence-corrected chi connectivity index (χ0v) is 19.1. The molecule has 0 spiro atoms. The lowest BCUT2D eigenvalue weighted by Gasteiger charge is -2.42. The van der Waals surface area contributed by atoms with Gasteiger partial charge in [-0.25, -0.2) is 9.59 Å². The first-order chi connectivity index (χ1) is 17.5. The van der Waals surface area contributed by atoms with Crippen LogP contribution in [0.5, 0.6) is 23.0 Å². The van der Waals surface area contributed by atoms with Gasteiger partial charge in [0.15, 0.2) is 23.0 Å². The highest BCUT2D eigenvalue weighted by Crippen LogP contribution is 2.35. The highest BCUT2D eigenvalue weighted by Gasteiger charge is 2.51. The number of benzene rings is 2. The van der Waals surface area contributed by atoms with Gasteiger partial charge in [-0.05, 0) is 47.5 Å². The highest BCUT2D eigenvalue weighted by molar-refractivity contribution is 5.88. The van der Waals surface area contributed by atoms with E-state index in [9.17, 15) is 45.0 Å². The number of carbonyl (C=O) groups is 3. The quantitative estimate of drug-likeness (QED) is 0.0960. The molecule has 1 aliphatic rings. The van der Waals surface area contributed by atoms with Gasteiger partial charge in [0.2, 0.25) is 0 Å². The summed E-state index contributed by atoms with van der Waals surface area (Å²) >= 11 is 0. The molecule has 37 heavy (non-hydrogen) atoms. The van der Waals surface area contributed by atoms with Gasteiger partial charge in [-0.1, -0.05) is 12.1 Å². The Morgan fingerprint density at radius 2 is 1.35 bits per heavy atom. The number of aliphatic hydroxyl groups is 2. The fourth-order valence-electron chi connectivity index (χ4n) is 3.62. The predicted octanol–water partition coefficient (Wildman–Crippen LogP) is 1.08. The van der Waals surface area contributed by atoms with E-state index >= 15 is 0 Å². The third-order valence-electron chi connectivity index (χ3n) is 5.45. The maximum Gasteiger partial charge on any atom is 0.334 e. The average molecular weight is 516 g/mol. The molecule has 0 heterocycles. The van der Waals surface area contributed by atoms with Gasteiger partial charge in [-0.2, -0.15) is 0 Å². The Hall–Kier alpha value is -4.55. The zero-order chi connectivity index (χ0) is 27.2. The lowest BCUT2D eigenvalue weighted by molar-refractivity contribution is -0.263. The maximum atomic E-state index is 12.4. The minimum absolute atomic E-state index is 0.0183. The lowest BCUT2D eigenvalue weighted by Crippen LogP contribution is -2.56. The van der Waals surface area contributed by atoms with Crippen LogP contribution in [0.4, 0.5) is 0 Å². The van der Waals surface area contributed by atoms with Crippen molar-refractivity contribution < 1.29 is 59.2 Å². The standard InChI is InChI=1S/C25H24O12/c26-13-35-25(37-23(33)8-4-15-2-6-17(28)19(30)10-15)11-20(31)24(34)21(12-25)36-22(32)7-3-14-1-5-16(27)18(29)9-14/h1-10,13,20-21,24,27-31,34H,11-12H2/b7-3+,8-4+/t20?,21?,24-,25+/m1/s1. The molecular formula is C25H24O12. The van der Waals surface area contributed by atoms with Gasteiger partial charge in [-0.3, -0.25) is 4.79 Å². The molecule has 3 rings (SSSR count).